The van der Waals surface area contributed by atoms with Gasteiger partial charge in [-0.3, -0.25) is 5.41 Å². The van der Waals surface area contributed by atoms with Crippen molar-refractivity contribution in [2.45, 2.75) is 0 Å². The van der Waals surface area contributed by atoms with Gasteiger partial charge >= 0.3 is 0 Å². The maximum absolute atomic E-state index is 14.5. The second-order valence-electron chi connectivity index (χ2n) is 7.60. The number of halogens is 1. The van der Waals surface area contributed by atoms with Crippen LogP contribution in [0.25, 0.3) is 11.1 Å². The lowest BCUT2D eigenvalue weighted by atomic mass is 9.96. The lowest BCUT2D eigenvalue weighted by molar-refractivity contribution is 0.411. The minimum absolute atomic E-state index is 0.203. The molecule has 172 valence electrons. The first-order chi connectivity index (χ1) is 15.9. The molecule has 3 heterocycles. The van der Waals surface area contributed by atoms with Crippen molar-refractivity contribution in [2.24, 2.45) is 0 Å². The fraction of sp³-hybridized carbons (Fsp3) is 0.261. The van der Waals surface area contributed by atoms with Crippen LogP contribution in [0.4, 0.5) is 15.9 Å². The fourth-order valence-corrected chi connectivity index (χ4v) is 4.53. The molecule has 1 aliphatic heterocycles. The standard InChI is InChI=1S/C23H25FN6O2S/c1-32-19-6-8-28-23(24)21(19)15-3-4-18(25)17(13-15)22(26)16-5-7-27-20(14-16)29-9-11-30(12-10-29)33(2)31/h3-8,13-14,26H,9-12,25H2,1-2H3. The number of nitrogen functional groups attached to an aromatic ring is 1. The molecule has 1 fully saturated rings. The van der Waals surface area contributed by atoms with Crippen LogP contribution in [0.3, 0.4) is 0 Å². The van der Waals surface area contributed by atoms with Crippen LogP contribution in [-0.4, -0.2) is 63.7 Å². The summed E-state index contributed by atoms with van der Waals surface area (Å²) in [6.45, 7) is 2.75. The Balaban J connectivity index is 1.64. The van der Waals surface area contributed by atoms with Crippen molar-refractivity contribution >= 4 is 28.2 Å². The van der Waals surface area contributed by atoms with Gasteiger partial charge in [0.25, 0.3) is 0 Å². The number of anilines is 2. The number of methoxy groups -OCH3 is 1. The molecule has 0 radical (unpaired) electrons. The summed E-state index contributed by atoms with van der Waals surface area (Å²) in [5, 5.41) is 8.81. The Morgan fingerprint density at radius 1 is 1.12 bits per heavy atom. The van der Waals surface area contributed by atoms with Gasteiger partial charge in [-0.2, -0.15) is 4.39 Å². The van der Waals surface area contributed by atoms with Crippen molar-refractivity contribution < 1.29 is 13.3 Å². The van der Waals surface area contributed by atoms with E-state index in [4.69, 9.17) is 15.9 Å². The summed E-state index contributed by atoms with van der Waals surface area (Å²) in [5.41, 5.74) is 8.66. The molecular weight excluding hydrogens is 443 g/mol. The average Bonchev–Trinajstić information content (AvgIpc) is 2.84. The highest BCUT2D eigenvalue weighted by molar-refractivity contribution is 7.81. The van der Waals surface area contributed by atoms with Gasteiger partial charge in [-0.05, 0) is 35.9 Å². The quantitative estimate of drug-likeness (QED) is 0.327. The van der Waals surface area contributed by atoms with Gasteiger partial charge in [0.15, 0.2) is 0 Å². The maximum Gasteiger partial charge on any atom is 0.224 e. The van der Waals surface area contributed by atoms with E-state index in [-0.39, 0.29) is 11.3 Å². The number of benzene rings is 1. The van der Waals surface area contributed by atoms with E-state index in [0.717, 1.165) is 5.82 Å². The normalized spacial score (nSPS) is 15.3. The SMILES string of the molecule is COc1ccnc(F)c1-c1ccc(N)c(C(=N)c2ccnc(N3CCN(S(C)=O)CC3)c2)c1. The van der Waals surface area contributed by atoms with Crippen molar-refractivity contribution in [3.05, 3.63) is 65.9 Å². The van der Waals surface area contributed by atoms with Crippen molar-refractivity contribution in [1.29, 1.82) is 5.41 Å². The van der Waals surface area contributed by atoms with Gasteiger partial charge in [-0.1, -0.05) is 6.07 Å². The molecule has 1 aromatic carbocycles. The van der Waals surface area contributed by atoms with E-state index in [1.165, 1.54) is 13.3 Å². The number of hydrogen-bond donors (Lipinski definition) is 2. The average molecular weight is 469 g/mol. The minimum Gasteiger partial charge on any atom is -0.496 e. The van der Waals surface area contributed by atoms with Crippen LogP contribution in [0.15, 0.2) is 48.8 Å². The molecule has 0 spiro atoms. The Morgan fingerprint density at radius 2 is 1.85 bits per heavy atom. The van der Waals surface area contributed by atoms with Crippen molar-refractivity contribution in [3.63, 3.8) is 0 Å². The van der Waals surface area contributed by atoms with Crippen molar-refractivity contribution in [1.82, 2.24) is 14.3 Å². The zero-order chi connectivity index (χ0) is 23.5. The highest BCUT2D eigenvalue weighted by Gasteiger charge is 2.21. The lowest BCUT2D eigenvalue weighted by Gasteiger charge is -2.33. The molecule has 0 bridgehead atoms. The van der Waals surface area contributed by atoms with Gasteiger partial charge in [-0.15, -0.1) is 0 Å². The highest BCUT2D eigenvalue weighted by atomic mass is 32.2. The molecule has 3 N–H and O–H groups in total. The zero-order valence-corrected chi connectivity index (χ0v) is 19.2. The summed E-state index contributed by atoms with van der Waals surface area (Å²) < 4.78 is 33.4. The van der Waals surface area contributed by atoms with Gasteiger partial charge in [0.1, 0.15) is 11.6 Å². The van der Waals surface area contributed by atoms with Gasteiger partial charge in [0, 0.05) is 61.6 Å². The molecule has 33 heavy (non-hydrogen) atoms. The number of nitrogens with two attached hydrogens (primary N) is 1. The smallest absolute Gasteiger partial charge is 0.224 e. The van der Waals surface area contributed by atoms with Crippen LogP contribution in [0.2, 0.25) is 0 Å². The highest BCUT2D eigenvalue weighted by Crippen LogP contribution is 2.33. The molecule has 3 aromatic rings. The molecule has 8 nitrogen and oxygen atoms in total. The largest absolute Gasteiger partial charge is 0.496 e. The second-order valence-corrected chi connectivity index (χ2v) is 8.96. The Hall–Kier alpha value is -3.37. The molecule has 0 aliphatic carbocycles. The van der Waals surface area contributed by atoms with E-state index in [0.29, 0.717) is 54.3 Å². The van der Waals surface area contributed by atoms with Crippen LogP contribution in [-0.2, 0) is 11.0 Å². The number of nitrogens with one attached hydrogen (secondary N) is 1. The molecule has 0 amide bonds. The van der Waals surface area contributed by atoms with E-state index in [9.17, 15) is 8.60 Å². The topological polar surface area (TPSA) is 108 Å². The molecule has 2 aromatic heterocycles. The molecule has 0 saturated carbocycles. The Labute approximate surface area is 194 Å². The third-order valence-electron chi connectivity index (χ3n) is 5.66. The van der Waals surface area contributed by atoms with Gasteiger partial charge in [0.2, 0.25) is 5.95 Å². The number of piperazine rings is 1. The fourth-order valence-electron chi connectivity index (χ4n) is 3.86. The zero-order valence-electron chi connectivity index (χ0n) is 18.4. The summed E-state index contributed by atoms with van der Waals surface area (Å²) in [4.78, 5) is 10.3. The van der Waals surface area contributed by atoms with Crippen LogP contribution in [0, 0.1) is 11.4 Å². The second kappa shape index (κ2) is 9.63. The predicted molar refractivity (Wildman–Crippen MR) is 129 cm³/mol. The summed E-state index contributed by atoms with van der Waals surface area (Å²) in [5.74, 6) is 0.437. The van der Waals surface area contributed by atoms with Gasteiger partial charge in [0.05, 0.1) is 29.4 Å². The molecule has 1 saturated heterocycles. The molecule has 1 atom stereocenters. The Morgan fingerprint density at radius 3 is 2.55 bits per heavy atom. The Kier molecular flexibility index (Phi) is 6.66. The number of aromatic nitrogens is 2. The van der Waals surface area contributed by atoms with E-state index in [1.807, 2.05) is 10.4 Å². The van der Waals surface area contributed by atoms with Crippen molar-refractivity contribution in [2.75, 3.05) is 50.2 Å². The van der Waals surface area contributed by atoms with E-state index >= 15 is 0 Å². The molecule has 1 aliphatic rings. The first kappa shape index (κ1) is 22.8. The number of hydrogen-bond acceptors (Lipinski definition) is 7. The van der Waals surface area contributed by atoms with Gasteiger partial charge < -0.3 is 15.4 Å². The Bertz CT molecular complexity index is 1210. The first-order valence-electron chi connectivity index (χ1n) is 10.4. The van der Waals surface area contributed by atoms with Crippen molar-refractivity contribution in [3.8, 4) is 16.9 Å². The van der Waals surface area contributed by atoms with E-state index in [2.05, 4.69) is 14.9 Å². The van der Waals surface area contributed by atoms with E-state index < -0.39 is 16.9 Å². The molecular formula is C23H25FN6O2S. The lowest BCUT2D eigenvalue weighted by Crippen LogP contribution is -2.47. The third-order valence-corrected chi connectivity index (χ3v) is 6.75. The monoisotopic (exact) mass is 468 g/mol. The number of pyridine rings is 2. The number of ether oxygens (including phenoxy) is 1. The van der Waals surface area contributed by atoms with Crippen LogP contribution >= 0.6 is 0 Å². The van der Waals surface area contributed by atoms with E-state index in [1.54, 1.807) is 42.8 Å². The van der Waals surface area contributed by atoms with Gasteiger partial charge in [-0.25, -0.2) is 18.5 Å². The predicted octanol–water partition coefficient (Wildman–Crippen LogP) is 2.71. The summed E-state index contributed by atoms with van der Waals surface area (Å²) >= 11 is 0. The molecule has 10 heteroatoms. The number of rotatable bonds is 6. The summed E-state index contributed by atoms with van der Waals surface area (Å²) in [6.07, 6.45) is 4.68. The number of nitrogens with zero attached hydrogens (tertiary/aromatic N) is 4. The maximum atomic E-state index is 14.5. The first-order valence-corrected chi connectivity index (χ1v) is 11.9. The summed E-state index contributed by atoms with van der Waals surface area (Å²) in [6, 6.07) is 10.2. The minimum atomic E-state index is -0.987. The summed E-state index contributed by atoms with van der Waals surface area (Å²) in [7, 11) is 0.480. The van der Waals surface area contributed by atoms with Crippen LogP contribution < -0.4 is 15.4 Å². The third kappa shape index (κ3) is 4.71. The van der Waals surface area contributed by atoms with Crippen LogP contribution in [0.5, 0.6) is 5.75 Å². The molecule has 4 rings (SSSR count). The van der Waals surface area contributed by atoms with Crippen LogP contribution in [0.1, 0.15) is 11.1 Å². The molecule has 1 unspecified atom stereocenters.